The van der Waals surface area contributed by atoms with E-state index in [1.807, 2.05) is 7.05 Å². The minimum atomic E-state index is 0.165. The Bertz CT molecular complexity index is 223. The monoisotopic (exact) mass is 179 g/mol. The topological polar surface area (TPSA) is 12.0 Å². The zero-order chi connectivity index (χ0) is 9.90. The van der Waals surface area contributed by atoms with Crippen molar-refractivity contribution in [1.29, 1.82) is 0 Å². The van der Waals surface area contributed by atoms with E-state index in [1.54, 1.807) is 5.57 Å². The highest BCUT2D eigenvalue weighted by Gasteiger charge is 2.24. The van der Waals surface area contributed by atoms with Crippen molar-refractivity contribution < 1.29 is 0 Å². The molecule has 0 fully saturated rings. The van der Waals surface area contributed by atoms with Crippen LogP contribution in [0, 0.1) is 5.41 Å². The van der Waals surface area contributed by atoms with Crippen LogP contribution in [0.2, 0.25) is 0 Å². The highest BCUT2D eigenvalue weighted by Crippen LogP contribution is 2.37. The summed E-state index contributed by atoms with van der Waals surface area (Å²) in [5.41, 5.74) is 3.16. The van der Waals surface area contributed by atoms with Gasteiger partial charge in [0.15, 0.2) is 0 Å². The minimum Gasteiger partial charge on any atom is -0.391 e. The lowest BCUT2D eigenvalue weighted by atomic mass is 9.77. The highest BCUT2D eigenvalue weighted by molar-refractivity contribution is 5.25. The van der Waals surface area contributed by atoms with E-state index < -0.39 is 0 Å². The molecule has 1 aliphatic carbocycles. The summed E-state index contributed by atoms with van der Waals surface area (Å²) in [5.74, 6) is 0. The lowest BCUT2D eigenvalue weighted by Crippen LogP contribution is -2.21. The SMILES string of the molecule is C=CC(C)(C)C1=C(NC)CCCC1. The Kier molecular flexibility index (Phi) is 3.18. The van der Waals surface area contributed by atoms with Crippen molar-refractivity contribution >= 4 is 0 Å². The van der Waals surface area contributed by atoms with Gasteiger partial charge in [0.05, 0.1) is 0 Å². The van der Waals surface area contributed by atoms with Crippen LogP contribution in [-0.4, -0.2) is 7.05 Å². The zero-order valence-corrected chi connectivity index (χ0v) is 9.11. The Hall–Kier alpha value is -0.720. The third-order valence-corrected chi connectivity index (χ3v) is 3.06. The second-order valence-corrected chi connectivity index (χ2v) is 4.34. The van der Waals surface area contributed by atoms with Crippen LogP contribution >= 0.6 is 0 Å². The zero-order valence-electron chi connectivity index (χ0n) is 9.11. The molecule has 1 heteroatoms. The third kappa shape index (κ3) is 2.15. The van der Waals surface area contributed by atoms with E-state index in [0.29, 0.717) is 0 Å². The Morgan fingerprint density at radius 3 is 2.46 bits per heavy atom. The predicted octanol–water partition coefficient (Wildman–Crippen LogP) is 3.25. The largest absolute Gasteiger partial charge is 0.391 e. The normalized spacial score (nSPS) is 18.7. The fourth-order valence-corrected chi connectivity index (χ4v) is 2.02. The average molecular weight is 179 g/mol. The summed E-state index contributed by atoms with van der Waals surface area (Å²) in [5, 5.41) is 3.33. The smallest absolute Gasteiger partial charge is 0.0105 e. The van der Waals surface area contributed by atoms with E-state index in [1.165, 1.54) is 31.4 Å². The number of rotatable bonds is 3. The Balaban J connectivity index is 2.96. The molecule has 1 aliphatic rings. The standard InChI is InChI=1S/C12H21N/c1-5-12(2,3)10-8-6-7-9-11(10)13-4/h5,13H,1,6-9H2,2-4H3. The molecule has 0 aromatic carbocycles. The Labute approximate surface area is 81.9 Å². The van der Waals surface area contributed by atoms with E-state index in [9.17, 15) is 0 Å². The molecule has 13 heavy (non-hydrogen) atoms. The first-order valence-corrected chi connectivity index (χ1v) is 5.15. The molecule has 0 atom stereocenters. The summed E-state index contributed by atoms with van der Waals surface area (Å²) < 4.78 is 0. The van der Waals surface area contributed by atoms with Gasteiger partial charge in [-0.05, 0) is 31.3 Å². The number of hydrogen-bond acceptors (Lipinski definition) is 1. The van der Waals surface area contributed by atoms with Crippen LogP contribution in [0.1, 0.15) is 39.5 Å². The molecular formula is C12H21N. The van der Waals surface area contributed by atoms with E-state index >= 15 is 0 Å². The van der Waals surface area contributed by atoms with Gasteiger partial charge in [0.25, 0.3) is 0 Å². The number of allylic oxidation sites excluding steroid dienone is 3. The molecule has 0 unspecified atom stereocenters. The molecule has 0 aromatic heterocycles. The second kappa shape index (κ2) is 3.99. The molecule has 1 nitrogen and oxygen atoms in total. The van der Waals surface area contributed by atoms with E-state index in [-0.39, 0.29) is 5.41 Å². The lowest BCUT2D eigenvalue weighted by Gasteiger charge is -2.30. The van der Waals surface area contributed by atoms with Gasteiger partial charge in [-0.2, -0.15) is 0 Å². The molecule has 0 heterocycles. The van der Waals surface area contributed by atoms with Crippen LogP contribution in [0.25, 0.3) is 0 Å². The molecule has 0 amide bonds. The van der Waals surface area contributed by atoms with Crippen LogP contribution < -0.4 is 5.32 Å². The molecule has 1 rings (SSSR count). The Morgan fingerprint density at radius 1 is 1.31 bits per heavy atom. The van der Waals surface area contributed by atoms with Crippen molar-refractivity contribution in [3.63, 3.8) is 0 Å². The summed E-state index contributed by atoms with van der Waals surface area (Å²) in [7, 11) is 2.03. The van der Waals surface area contributed by atoms with Gasteiger partial charge in [-0.25, -0.2) is 0 Å². The van der Waals surface area contributed by atoms with Crippen molar-refractivity contribution in [3.05, 3.63) is 23.9 Å². The van der Waals surface area contributed by atoms with Crippen LogP contribution in [0.3, 0.4) is 0 Å². The molecule has 0 saturated carbocycles. The molecule has 0 aliphatic heterocycles. The average Bonchev–Trinajstić information content (AvgIpc) is 2.18. The van der Waals surface area contributed by atoms with Gasteiger partial charge < -0.3 is 5.32 Å². The Morgan fingerprint density at radius 2 is 1.92 bits per heavy atom. The summed E-state index contributed by atoms with van der Waals surface area (Å²) in [6.45, 7) is 8.41. The van der Waals surface area contributed by atoms with Crippen LogP contribution in [-0.2, 0) is 0 Å². The maximum atomic E-state index is 3.91. The van der Waals surface area contributed by atoms with Crippen molar-refractivity contribution in [1.82, 2.24) is 5.32 Å². The first-order valence-electron chi connectivity index (χ1n) is 5.15. The van der Waals surface area contributed by atoms with Gasteiger partial charge in [0, 0.05) is 18.2 Å². The van der Waals surface area contributed by atoms with Gasteiger partial charge in [-0.3, -0.25) is 0 Å². The summed E-state index contributed by atoms with van der Waals surface area (Å²) in [6.07, 6.45) is 7.16. The second-order valence-electron chi connectivity index (χ2n) is 4.34. The van der Waals surface area contributed by atoms with E-state index in [0.717, 1.165) is 0 Å². The fourth-order valence-electron chi connectivity index (χ4n) is 2.02. The summed E-state index contributed by atoms with van der Waals surface area (Å²) in [4.78, 5) is 0. The van der Waals surface area contributed by atoms with Crippen molar-refractivity contribution in [3.8, 4) is 0 Å². The minimum absolute atomic E-state index is 0.165. The van der Waals surface area contributed by atoms with Gasteiger partial charge in [-0.15, -0.1) is 6.58 Å². The third-order valence-electron chi connectivity index (χ3n) is 3.06. The molecule has 0 aromatic rings. The fraction of sp³-hybridized carbons (Fsp3) is 0.667. The predicted molar refractivity (Wildman–Crippen MR) is 58.5 cm³/mol. The quantitative estimate of drug-likeness (QED) is 0.656. The lowest BCUT2D eigenvalue weighted by molar-refractivity contribution is 0.492. The summed E-state index contributed by atoms with van der Waals surface area (Å²) in [6, 6.07) is 0. The van der Waals surface area contributed by atoms with Crippen molar-refractivity contribution in [2.45, 2.75) is 39.5 Å². The van der Waals surface area contributed by atoms with Gasteiger partial charge in [-0.1, -0.05) is 19.9 Å². The van der Waals surface area contributed by atoms with E-state index in [2.05, 4.69) is 31.8 Å². The molecule has 0 saturated heterocycles. The molecule has 0 bridgehead atoms. The van der Waals surface area contributed by atoms with Crippen molar-refractivity contribution in [2.24, 2.45) is 5.41 Å². The van der Waals surface area contributed by atoms with Gasteiger partial charge >= 0.3 is 0 Å². The van der Waals surface area contributed by atoms with Crippen LogP contribution in [0.15, 0.2) is 23.9 Å². The number of nitrogens with one attached hydrogen (secondary N) is 1. The maximum Gasteiger partial charge on any atom is 0.0105 e. The first kappa shape index (κ1) is 10.4. The molecule has 0 radical (unpaired) electrons. The highest BCUT2D eigenvalue weighted by atomic mass is 14.8. The molecule has 74 valence electrons. The number of hydrogen-bond donors (Lipinski definition) is 1. The van der Waals surface area contributed by atoms with Gasteiger partial charge in [0.1, 0.15) is 0 Å². The molecular weight excluding hydrogens is 158 g/mol. The van der Waals surface area contributed by atoms with Crippen LogP contribution in [0.5, 0.6) is 0 Å². The maximum absolute atomic E-state index is 3.91. The van der Waals surface area contributed by atoms with E-state index in [4.69, 9.17) is 0 Å². The first-order chi connectivity index (χ1) is 6.11. The van der Waals surface area contributed by atoms with Crippen molar-refractivity contribution in [2.75, 3.05) is 7.05 Å². The molecule has 0 spiro atoms. The molecule has 1 N–H and O–H groups in total. The van der Waals surface area contributed by atoms with Crippen LogP contribution in [0.4, 0.5) is 0 Å². The van der Waals surface area contributed by atoms with Gasteiger partial charge in [0.2, 0.25) is 0 Å². The summed E-state index contributed by atoms with van der Waals surface area (Å²) >= 11 is 0.